The largest absolute Gasteiger partial charge is 0.369 e. The van der Waals surface area contributed by atoms with Crippen LogP contribution in [0, 0.1) is 5.82 Å². The SMILES string of the molecule is NC(=O)Cc1cnc2ccc(-c3c(-c4ccc(F)cc4)nc4n3CCN(CC(F)F)C4)cn12. The molecular weight excluding hydrogens is 433 g/mol. The number of hydrogen-bond acceptors (Lipinski definition) is 4. The van der Waals surface area contributed by atoms with Crippen LogP contribution < -0.4 is 5.73 Å². The molecule has 1 aromatic carbocycles. The molecule has 0 atom stereocenters. The predicted molar refractivity (Wildman–Crippen MR) is 116 cm³/mol. The summed E-state index contributed by atoms with van der Waals surface area (Å²) in [5, 5.41) is 0. The highest BCUT2D eigenvalue weighted by atomic mass is 19.3. The molecule has 10 heteroatoms. The molecule has 1 aliphatic heterocycles. The minimum Gasteiger partial charge on any atom is -0.369 e. The summed E-state index contributed by atoms with van der Waals surface area (Å²) in [5.41, 5.74) is 9.67. The van der Waals surface area contributed by atoms with Crippen molar-refractivity contribution in [3.05, 3.63) is 66.1 Å². The van der Waals surface area contributed by atoms with Gasteiger partial charge in [-0.15, -0.1) is 0 Å². The van der Waals surface area contributed by atoms with Crippen LogP contribution in [0.5, 0.6) is 0 Å². The molecule has 4 aromatic rings. The van der Waals surface area contributed by atoms with E-state index in [9.17, 15) is 18.0 Å². The lowest BCUT2D eigenvalue weighted by Gasteiger charge is -2.28. The number of alkyl halides is 2. The first-order chi connectivity index (χ1) is 15.9. The Bertz CT molecular complexity index is 1330. The number of aromatic nitrogens is 4. The van der Waals surface area contributed by atoms with Gasteiger partial charge in [-0.2, -0.15) is 0 Å². The fourth-order valence-electron chi connectivity index (χ4n) is 4.31. The summed E-state index contributed by atoms with van der Waals surface area (Å²) in [5.74, 6) is -0.155. The molecule has 4 heterocycles. The zero-order chi connectivity index (χ0) is 23.1. The van der Waals surface area contributed by atoms with Gasteiger partial charge in [0, 0.05) is 36.6 Å². The fourth-order valence-corrected chi connectivity index (χ4v) is 4.31. The lowest BCUT2D eigenvalue weighted by molar-refractivity contribution is -0.117. The maximum absolute atomic E-state index is 13.6. The lowest BCUT2D eigenvalue weighted by atomic mass is 10.1. The Morgan fingerprint density at radius 3 is 2.58 bits per heavy atom. The summed E-state index contributed by atoms with van der Waals surface area (Å²) in [6, 6.07) is 9.77. The van der Waals surface area contributed by atoms with E-state index < -0.39 is 12.3 Å². The average molecular weight is 454 g/mol. The Balaban J connectivity index is 1.65. The monoisotopic (exact) mass is 454 g/mol. The molecule has 170 valence electrons. The second kappa shape index (κ2) is 8.36. The van der Waals surface area contributed by atoms with Crippen LogP contribution in [-0.2, 0) is 24.3 Å². The van der Waals surface area contributed by atoms with Crippen molar-refractivity contribution in [1.82, 2.24) is 23.8 Å². The maximum atomic E-state index is 13.6. The van der Waals surface area contributed by atoms with E-state index in [1.54, 1.807) is 27.6 Å². The van der Waals surface area contributed by atoms with Crippen molar-refractivity contribution in [3.8, 4) is 22.5 Å². The first-order valence-electron chi connectivity index (χ1n) is 10.5. The average Bonchev–Trinajstić information content (AvgIpc) is 3.34. The van der Waals surface area contributed by atoms with Crippen molar-refractivity contribution in [2.24, 2.45) is 5.73 Å². The molecule has 0 fully saturated rings. The Hall–Kier alpha value is -3.66. The highest BCUT2D eigenvalue weighted by Crippen LogP contribution is 2.35. The number of primary amides is 1. The summed E-state index contributed by atoms with van der Waals surface area (Å²) in [4.78, 5) is 22.2. The van der Waals surface area contributed by atoms with Crippen LogP contribution >= 0.6 is 0 Å². The number of halogens is 3. The number of carbonyl (C=O) groups is 1. The molecular formula is C23H21F3N6O. The first kappa shape index (κ1) is 21.2. The molecule has 0 saturated heterocycles. The molecule has 1 aliphatic rings. The number of nitrogens with two attached hydrogens (primary N) is 1. The van der Waals surface area contributed by atoms with E-state index in [1.807, 2.05) is 22.9 Å². The van der Waals surface area contributed by atoms with Crippen LogP contribution in [0.3, 0.4) is 0 Å². The zero-order valence-corrected chi connectivity index (χ0v) is 17.6. The van der Waals surface area contributed by atoms with Gasteiger partial charge in [0.15, 0.2) is 0 Å². The number of fused-ring (bicyclic) bond motifs is 2. The molecule has 1 amide bonds. The van der Waals surface area contributed by atoms with E-state index in [4.69, 9.17) is 10.7 Å². The molecule has 33 heavy (non-hydrogen) atoms. The van der Waals surface area contributed by atoms with Gasteiger partial charge in [-0.3, -0.25) is 9.69 Å². The van der Waals surface area contributed by atoms with Gasteiger partial charge in [0.25, 0.3) is 6.43 Å². The van der Waals surface area contributed by atoms with E-state index in [-0.39, 0.29) is 18.8 Å². The second-order valence-electron chi connectivity index (χ2n) is 8.05. The number of nitrogens with zero attached hydrogens (tertiary/aromatic N) is 5. The normalized spacial score (nSPS) is 14.2. The van der Waals surface area contributed by atoms with E-state index in [1.165, 1.54) is 12.1 Å². The predicted octanol–water partition coefficient (Wildman–Crippen LogP) is 3.11. The topological polar surface area (TPSA) is 81.5 Å². The molecule has 3 aromatic heterocycles. The van der Waals surface area contributed by atoms with Crippen LogP contribution in [0.2, 0.25) is 0 Å². The number of imidazole rings is 2. The molecule has 0 aliphatic carbocycles. The van der Waals surface area contributed by atoms with Crippen molar-refractivity contribution in [2.45, 2.75) is 25.9 Å². The minimum absolute atomic E-state index is 0.0442. The van der Waals surface area contributed by atoms with E-state index >= 15 is 0 Å². The third-order valence-electron chi connectivity index (χ3n) is 5.78. The summed E-state index contributed by atoms with van der Waals surface area (Å²) in [7, 11) is 0. The smallest absolute Gasteiger partial charge is 0.251 e. The van der Waals surface area contributed by atoms with Gasteiger partial charge >= 0.3 is 0 Å². The van der Waals surface area contributed by atoms with Gasteiger partial charge in [0.1, 0.15) is 17.3 Å². The van der Waals surface area contributed by atoms with Crippen LogP contribution in [-0.4, -0.2) is 49.3 Å². The van der Waals surface area contributed by atoms with Gasteiger partial charge < -0.3 is 14.7 Å². The van der Waals surface area contributed by atoms with Gasteiger partial charge in [-0.1, -0.05) is 0 Å². The summed E-state index contributed by atoms with van der Waals surface area (Å²) < 4.78 is 43.3. The molecule has 0 unspecified atom stereocenters. The highest BCUT2D eigenvalue weighted by Gasteiger charge is 2.27. The van der Waals surface area contributed by atoms with E-state index in [0.29, 0.717) is 42.5 Å². The van der Waals surface area contributed by atoms with Gasteiger partial charge in [0.05, 0.1) is 36.6 Å². The summed E-state index contributed by atoms with van der Waals surface area (Å²) in [6.07, 6.45) is 1.10. The highest BCUT2D eigenvalue weighted by molar-refractivity contribution is 5.80. The molecule has 0 radical (unpaired) electrons. The molecule has 0 spiro atoms. The van der Waals surface area contributed by atoms with Crippen LogP contribution in [0.25, 0.3) is 28.2 Å². The van der Waals surface area contributed by atoms with Crippen molar-refractivity contribution in [3.63, 3.8) is 0 Å². The molecule has 2 N–H and O–H groups in total. The van der Waals surface area contributed by atoms with E-state index in [2.05, 4.69) is 4.98 Å². The van der Waals surface area contributed by atoms with Gasteiger partial charge in [0.2, 0.25) is 5.91 Å². The van der Waals surface area contributed by atoms with Crippen LogP contribution in [0.15, 0.2) is 48.8 Å². The van der Waals surface area contributed by atoms with Crippen molar-refractivity contribution in [1.29, 1.82) is 0 Å². The quantitative estimate of drug-likeness (QED) is 0.486. The third kappa shape index (κ3) is 4.09. The Labute approximate surface area is 187 Å². The molecule has 0 saturated carbocycles. The van der Waals surface area contributed by atoms with Crippen molar-refractivity contribution < 1.29 is 18.0 Å². The lowest BCUT2D eigenvalue weighted by Crippen LogP contribution is -2.37. The number of hydrogen-bond donors (Lipinski definition) is 1. The van der Waals surface area contributed by atoms with Gasteiger partial charge in [-0.05, 0) is 36.4 Å². The van der Waals surface area contributed by atoms with Crippen molar-refractivity contribution >= 4 is 11.6 Å². The van der Waals surface area contributed by atoms with E-state index in [0.717, 1.165) is 16.8 Å². The number of benzene rings is 1. The standard InChI is InChI=1S/C23H21F3N6O/c24-16-4-1-14(2-5-16)22-23(31-8-7-30(12-18(25)26)13-21(31)29-22)15-3-6-20-28-10-17(9-19(27)33)32(20)11-15/h1-6,10-11,18H,7-9,12-13H2,(H2,27,33). The number of pyridine rings is 1. The second-order valence-corrected chi connectivity index (χ2v) is 8.05. The number of rotatable bonds is 6. The van der Waals surface area contributed by atoms with Crippen LogP contribution in [0.1, 0.15) is 11.5 Å². The Morgan fingerprint density at radius 1 is 1.09 bits per heavy atom. The summed E-state index contributed by atoms with van der Waals surface area (Å²) in [6.45, 7) is 0.926. The fraction of sp³-hybridized carbons (Fsp3) is 0.261. The maximum Gasteiger partial charge on any atom is 0.251 e. The number of amides is 1. The summed E-state index contributed by atoms with van der Waals surface area (Å²) >= 11 is 0. The number of carbonyl (C=O) groups excluding carboxylic acids is 1. The van der Waals surface area contributed by atoms with Crippen molar-refractivity contribution in [2.75, 3.05) is 13.1 Å². The molecule has 7 nitrogen and oxygen atoms in total. The minimum atomic E-state index is -2.42. The Morgan fingerprint density at radius 2 is 1.85 bits per heavy atom. The first-order valence-corrected chi connectivity index (χ1v) is 10.5. The zero-order valence-electron chi connectivity index (χ0n) is 17.6. The van der Waals surface area contributed by atoms with Crippen LogP contribution in [0.4, 0.5) is 13.2 Å². The Kier molecular flexibility index (Phi) is 5.37. The molecule has 0 bridgehead atoms. The van der Waals surface area contributed by atoms with Gasteiger partial charge in [-0.25, -0.2) is 23.1 Å². The third-order valence-corrected chi connectivity index (χ3v) is 5.78. The molecule has 5 rings (SSSR count).